The van der Waals surface area contributed by atoms with Crippen LogP contribution in [0.2, 0.25) is 5.02 Å². The lowest BCUT2D eigenvalue weighted by Crippen LogP contribution is -2.33. The lowest BCUT2D eigenvalue weighted by molar-refractivity contribution is -0.384. The van der Waals surface area contributed by atoms with Gasteiger partial charge in [-0.1, -0.05) is 29.8 Å². The van der Waals surface area contributed by atoms with Gasteiger partial charge in [0, 0.05) is 29.9 Å². The molecule has 2 rings (SSSR count). The molecule has 0 saturated heterocycles. The summed E-state index contributed by atoms with van der Waals surface area (Å²) in [6.07, 6.45) is 0. The zero-order valence-corrected chi connectivity index (χ0v) is 13.4. The number of nitrogens with zero attached hydrogens (tertiary/aromatic N) is 2. The van der Waals surface area contributed by atoms with Gasteiger partial charge in [0.1, 0.15) is 0 Å². The normalized spacial score (nSPS) is 11.6. The number of anilines is 1. The van der Waals surface area contributed by atoms with Gasteiger partial charge >= 0.3 is 6.03 Å². The average Bonchev–Trinajstić information content (AvgIpc) is 2.54. The number of nitrogens with one attached hydrogen (secondary N) is 1. The molecule has 2 aromatic carbocycles. The van der Waals surface area contributed by atoms with Crippen LogP contribution in [0.15, 0.2) is 48.5 Å². The summed E-state index contributed by atoms with van der Waals surface area (Å²) in [5.74, 6) is 0. The number of carbonyl (C=O) groups is 1. The Morgan fingerprint density at radius 2 is 1.91 bits per heavy atom. The third kappa shape index (κ3) is 4.20. The smallest absolute Gasteiger partial charge is 0.321 e. The number of hydrogen-bond acceptors (Lipinski definition) is 3. The van der Waals surface area contributed by atoms with Crippen molar-refractivity contribution < 1.29 is 9.72 Å². The maximum absolute atomic E-state index is 12.3. The fraction of sp³-hybridized carbons (Fsp3) is 0.188. The molecule has 0 heterocycles. The number of carbonyl (C=O) groups excluding carboxylic acids is 1. The Bertz CT molecular complexity index is 719. The second kappa shape index (κ2) is 7.11. The first kappa shape index (κ1) is 16.8. The fourth-order valence-electron chi connectivity index (χ4n) is 2.05. The largest absolute Gasteiger partial charge is 0.322 e. The van der Waals surface area contributed by atoms with Crippen LogP contribution in [-0.2, 0) is 0 Å². The third-order valence-electron chi connectivity index (χ3n) is 3.56. The summed E-state index contributed by atoms with van der Waals surface area (Å²) in [6.45, 7) is 1.89. The van der Waals surface area contributed by atoms with Crippen molar-refractivity contribution >= 4 is 29.0 Å². The molecule has 1 N–H and O–H groups in total. The molecule has 23 heavy (non-hydrogen) atoms. The molecule has 120 valence electrons. The second-order valence-corrected chi connectivity index (χ2v) is 5.51. The summed E-state index contributed by atoms with van der Waals surface area (Å²) in [6, 6.07) is 12.5. The van der Waals surface area contributed by atoms with E-state index in [0.29, 0.717) is 10.7 Å². The van der Waals surface area contributed by atoms with Crippen molar-refractivity contribution in [1.29, 1.82) is 0 Å². The number of rotatable bonds is 4. The molecule has 6 nitrogen and oxygen atoms in total. The van der Waals surface area contributed by atoms with Crippen LogP contribution in [0, 0.1) is 10.1 Å². The molecule has 0 aliphatic rings. The van der Waals surface area contributed by atoms with Crippen molar-refractivity contribution in [1.82, 2.24) is 4.90 Å². The molecule has 1 atom stereocenters. The minimum Gasteiger partial charge on any atom is -0.321 e. The molecule has 2 aromatic rings. The van der Waals surface area contributed by atoms with Gasteiger partial charge in [0.2, 0.25) is 0 Å². The minimum absolute atomic E-state index is 0.0730. The number of nitro groups is 1. The molecule has 0 fully saturated rings. The first-order valence-electron chi connectivity index (χ1n) is 6.92. The van der Waals surface area contributed by atoms with Gasteiger partial charge in [0.25, 0.3) is 5.69 Å². The molecular formula is C16H16ClN3O3. The molecule has 0 saturated carbocycles. The molecule has 0 aromatic heterocycles. The van der Waals surface area contributed by atoms with Crippen LogP contribution in [0.3, 0.4) is 0 Å². The first-order valence-corrected chi connectivity index (χ1v) is 7.30. The Morgan fingerprint density at radius 1 is 1.26 bits per heavy atom. The van der Waals surface area contributed by atoms with Gasteiger partial charge in [-0.25, -0.2) is 4.79 Å². The summed E-state index contributed by atoms with van der Waals surface area (Å²) in [7, 11) is 1.66. The van der Waals surface area contributed by atoms with E-state index in [-0.39, 0.29) is 17.8 Å². The van der Waals surface area contributed by atoms with Crippen molar-refractivity contribution in [3.05, 3.63) is 69.2 Å². The van der Waals surface area contributed by atoms with Crippen LogP contribution in [0.25, 0.3) is 0 Å². The maximum Gasteiger partial charge on any atom is 0.322 e. The van der Waals surface area contributed by atoms with Gasteiger partial charge in [0.15, 0.2) is 0 Å². The van der Waals surface area contributed by atoms with Gasteiger partial charge in [-0.05, 0) is 30.7 Å². The van der Waals surface area contributed by atoms with Gasteiger partial charge in [0.05, 0.1) is 11.0 Å². The van der Waals surface area contributed by atoms with E-state index in [1.54, 1.807) is 25.2 Å². The van der Waals surface area contributed by atoms with Crippen molar-refractivity contribution in [2.24, 2.45) is 0 Å². The Kier molecular flexibility index (Phi) is 5.18. The molecular weight excluding hydrogens is 318 g/mol. The van der Waals surface area contributed by atoms with Crippen molar-refractivity contribution in [3.8, 4) is 0 Å². The summed E-state index contributed by atoms with van der Waals surface area (Å²) in [5.41, 5.74) is 1.24. The van der Waals surface area contributed by atoms with Crippen LogP contribution in [0.1, 0.15) is 18.5 Å². The highest BCUT2D eigenvalue weighted by Crippen LogP contribution is 2.22. The zero-order valence-electron chi connectivity index (χ0n) is 12.7. The highest BCUT2D eigenvalue weighted by Gasteiger charge is 2.18. The molecule has 2 amide bonds. The molecule has 0 spiro atoms. The number of halogens is 1. The summed E-state index contributed by atoms with van der Waals surface area (Å²) < 4.78 is 0. The Hall–Kier alpha value is -2.60. The second-order valence-electron chi connectivity index (χ2n) is 5.08. The number of amides is 2. The van der Waals surface area contributed by atoms with Gasteiger partial charge in [-0.3, -0.25) is 10.1 Å². The lowest BCUT2D eigenvalue weighted by Gasteiger charge is -2.25. The number of non-ortho nitro benzene ring substituents is 1. The van der Waals surface area contributed by atoms with Crippen LogP contribution < -0.4 is 5.32 Å². The van der Waals surface area contributed by atoms with E-state index in [0.717, 1.165) is 5.56 Å². The van der Waals surface area contributed by atoms with Gasteiger partial charge in [-0.15, -0.1) is 0 Å². The number of hydrogen-bond donors (Lipinski definition) is 1. The Morgan fingerprint density at radius 3 is 2.52 bits per heavy atom. The topological polar surface area (TPSA) is 75.5 Å². The highest BCUT2D eigenvalue weighted by molar-refractivity contribution is 6.30. The molecule has 0 aliphatic heterocycles. The van der Waals surface area contributed by atoms with E-state index in [1.807, 2.05) is 19.1 Å². The first-order chi connectivity index (χ1) is 10.9. The van der Waals surface area contributed by atoms with E-state index in [4.69, 9.17) is 11.6 Å². The Labute approximate surface area is 138 Å². The fourth-order valence-corrected chi connectivity index (χ4v) is 2.18. The van der Waals surface area contributed by atoms with E-state index >= 15 is 0 Å². The van der Waals surface area contributed by atoms with E-state index in [1.165, 1.54) is 23.1 Å². The lowest BCUT2D eigenvalue weighted by atomic mass is 10.1. The third-order valence-corrected chi connectivity index (χ3v) is 3.81. The van der Waals surface area contributed by atoms with Crippen molar-refractivity contribution in [2.45, 2.75) is 13.0 Å². The molecule has 0 aliphatic carbocycles. The summed E-state index contributed by atoms with van der Waals surface area (Å²) in [4.78, 5) is 24.1. The highest BCUT2D eigenvalue weighted by atomic mass is 35.5. The van der Waals surface area contributed by atoms with Crippen LogP contribution in [-0.4, -0.2) is 22.9 Å². The monoisotopic (exact) mass is 333 g/mol. The van der Waals surface area contributed by atoms with E-state index < -0.39 is 4.92 Å². The van der Waals surface area contributed by atoms with E-state index in [9.17, 15) is 14.9 Å². The Balaban J connectivity index is 2.09. The predicted molar refractivity (Wildman–Crippen MR) is 89.7 cm³/mol. The van der Waals surface area contributed by atoms with Gasteiger partial charge in [-0.2, -0.15) is 0 Å². The molecule has 1 unspecified atom stereocenters. The predicted octanol–water partition coefficient (Wildman–Crippen LogP) is 4.47. The van der Waals surface area contributed by atoms with Crippen LogP contribution >= 0.6 is 11.6 Å². The van der Waals surface area contributed by atoms with Crippen molar-refractivity contribution in [2.75, 3.05) is 12.4 Å². The quantitative estimate of drug-likeness (QED) is 0.662. The standard InChI is InChI=1S/C16H16ClN3O3/c1-11(12-6-8-13(17)9-7-12)19(2)16(21)18-14-4-3-5-15(10-14)20(22)23/h3-11H,1-2H3,(H,18,21). The van der Waals surface area contributed by atoms with Crippen LogP contribution in [0.4, 0.5) is 16.2 Å². The maximum atomic E-state index is 12.3. The molecule has 0 bridgehead atoms. The van der Waals surface area contributed by atoms with Gasteiger partial charge < -0.3 is 10.2 Å². The zero-order chi connectivity index (χ0) is 17.0. The van der Waals surface area contributed by atoms with Crippen molar-refractivity contribution in [3.63, 3.8) is 0 Å². The van der Waals surface area contributed by atoms with Crippen LogP contribution in [0.5, 0.6) is 0 Å². The summed E-state index contributed by atoms with van der Waals surface area (Å²) >= 11 is 5.86. The summed E-state index contributed by atoms with van der Waals surface area (Å²) in [5, 5.41) is 14.0. The average molecular weight is 334 g/mol. The number of benzene rings is 2. The molecule has 0 radical (unpaired) electrons. The minimum atomic E-state index is -0.504. The number of urea groups is 1. The SMILES string of the molecule is CC(c1ccc(Cl)cc1)N(C)C(=O)Nc1cccc([N+](=O)[O-])c1. The molecule has 7 heteroatoms. The number of nitro benzene ring substituents is 1. The van der Waals surface area contributed by atoms with E-state index in [2.05, 4.69) is 5.32 Å².